The van der Waals surface area contributed by atoms with Crippen molar-refractivity contribution in [2.45, 2.75) is 33.0 Å². The maximum atomic E-state index is 12.9. The molecule has 1 aromatic heterocycles. The van der Waals surface area contributed by atoms with Crippen LogP contribution in [0.15, 0.2) is 30.3 Å². The molecule has 6 nitrogen and oxygen atoms in total. The summed E-state index contributed by atoms with van der Waals surface area (Å²) in [4.78, 5) is 30.5. The van der Waals surface area contributed by atoms with Crippen molar-refractivity contribution in [1.29, 1.82) is 0 Å². The van der Waals surface area contributed by atoms with Crippen molar-refractivity contribution in [2.75, 3.05) is 7.11 Å². The topological polar surface area (TPSA) is 79.7 Å². The second kappa shape index (κ2) is 8.03. The summed E-state index contributed by atoms with van der Waals surface area (Å²) in [5.74, 6) is -1.37. The highest BCUT2D eigenvalue weighted by molar-refractivity contribution is 7.13. The molecule has 0 saturated carbocycles. The number of carbonyl (C=O) groups is 2. The first-order valence-electron chi connectivity index (χ1n) is 7.47. The molecule has 2 rings (SSSR count). The van der Waals surface area contributed by atoms with Crippen LogP contribution >= 0.6 is 11.3 Å². The van der Waals surface area contributed by atoms with E-state index in [9.17, 15) is 14.7 Å². The summed E-state index contributed by atoms with van der Waals surface area (Å²) in [6, 6.07) is 8.39. The van der Waals surface area contributed by atoms with E-state index in [0.29, 0.717) is 22.2 Å². The zero-order valence-electron chi connectivity index (χ0n) is 13.9. The van der Waals surface area contributed by atoms with Gasteiger partial charge in [0.15, 0.2) is 0 Å². The quantitative estimate of drug-likeness (QED) is 0.832. The number of rotatable bonds is 7. The molecule has 0 saturated heterocycles. The first-order chi connectivity index (χ1) is 11.4. The number of aromatic nitrogens is 1. The first kappa shape index (κ1) is 18.1. The highest BCUT2D eigenvalue weighted by atomic mass is 32.1. The van der Waals surface area contributed by atoms with Gasteiger partial charge >= 0.3 is 5.97 Å². The maximum Gasteiger partial charge on any atom is 0.326 e. The van der Waals surface area contributed by atoms with Crippen molar-refractivity contribution in [3.05, 3.63) is 51.5 Å². The molecule has 2 aromatic rings. The number of methoxy groups -OCH3 is 1. The molecule has 0 radical (unpaired) electrons. The summed E-state index contributed by atoms with van der Waals surface area (Å²) < 4.78 is 5.05. The van der Waals surface area contributed by atoms with Crippen LogP contribution in [-0.4, -0.2) is 40.0 Å². The van der Waals surface area contributed by atoms with E-state index in [-0.39, 0.29) is 12.5 Å². The third-order valence-electron chi connectivity index (χ3n) is 3.58. The van der Waals surface area contributed by atoms with Gasteiger partial charge in [-0.05, 0) is 19.4 Å². The first-order valence-corrected chi connectivity index (χ1v) is 8.28. The molecule has 0 aliphatic carbocycles. The molecule has 1 aromatic carbocycles. The summed E-state index contributed by atoms with van der Waals surface area (Å²) in [6.45, 7) is 3.81. The van der Waals surface area contributed by atoms with Gasteiger partial charge in [-0.2, -0.15) is 0 Å². The zero-order chi connectivity index (χ0) is 17.7. The minimum atomic E-state index is -1.04. The van der Waals surface area contributed by atoms with Crippen LogP contribution in [0.25, 0.3) is 0 Å². The van der Waals surface area contributed by atoms with Crippen molar-refractivity contribution in [1.82, 2.24) is 9.88 Å². The molecule has 24 heavy (non-hydrogen) atoms. The molecule has 1 amide bonds. The Hall–Kier alpha value is -2.25. The number of amides is 1. The number of nitrogens with zero attached hydrogens (tertiary/aromatic N) is 2. The minimum Gasteiger partial charge on any atom is -0.480 e. The van der Waals surface area contributed by atoms with Gasteiger partial charge in [0.1, 0.15) is 15.9 Å². The van der Waals surface area contributed by atoms with E-state index in [1.165, 1.54) is 23.2 Å². The van der Waals surface area contributed by atoms with Crippen LogP contribution in [0.4, 0.5) is 0 Å². The van der Waals surface area contributed by atoms with Crippen LogP contribution in [0, 0.1) is 6.92 Å². The molecule has 128 valence electrons. The Bertz CT molecular complexity index is 715. The van der Waals surface area contributed by atoms with Gasteiger partial charge in [0.25, 0.3) is 5.91 Å². The largest absolute Gasteiger partial charge is 0.480 e. The fraction of sp³-hybridized carbons (Fsp3) is 0.353. The second-order valence-corrected chi connectivity index (χ2v) is 6.47. The van der Waals surface area contributed by atoms with Crippen LogP contribution in [0.1, 0.15) is 32.9 Å². The van der Waals surface area contributed by atoms with Gasteiger partial charge in [0, 0.05) is 13.7 Å². The molecule has 0 spiro atoms. The van der Waals surface area contributed by atoms with E-state index in [2.05, 4.69) is 4.98 Å². The van der Waals surface area contributed by atoms with Gasteiger partial charge in [-0.25, -0.2) is 9.78 Å². The Morgan fingerprint density at radius 2 is 2.00 bits per heavy atom. The lowest BCUT2D eigenvalue weighted by molar-refractivity contribution is -0.141. The number of benzene rings is 1. The Labute approximate surface area is 144 Å². The van der Waals surface area contributed by atoms with Crippen LogP contribution in [0.2, 0.25) is 0 Å². The smallest absolute Gasteiger partial charge is 0.326 e. The molecule has 0 aliphatic heterocycles. The van der Waals surface area contributed by atoms with Crippen molar-refractivity contribution >= 4 is 23.2 Å². The summed E-state index contributed by atoms with van der Waals surface area (Å²) in [5, 5.41) is 10.1. The molecule has 1 atom stereocenters. The molecular formula is C17H20N2O4S. The molecule has 1 unspecified atom stereocenters. The van der Waals surface area contributed by atoms with Crippen LogP contribution in [0.3, 0.4) is 0 Å². The van der Waals surface area contributed by atoms with E-state index >= 15 is 0 Å². The molecule has 1 heterocycles. The van der Waals surface area contributed by atoms with Gasteiger partial charge in [0.2, 0.25) is 0 Å². The number of aryl methyl sites for hydroxylation is 1. The SMILES string of the molecule is COCc1nc(C)c(C(=O)N(Cc2ccccc2)C(C)C(=O)O)s1. The summed E-state index contributed by atoms with van der Waals surface area (Å²) in [5.41, 5.74) is 1.46. The molecular weight excluding hydrogens is 328 g/mol. The third kappa shape index (κ3) is 4.18. The summed E-state index contributed by atoms with van der Waals surface area (Å²) in [7, 11) is 1.56. The Kier molecular flexibility index (Phi) is 6.05. The van der Waals surface area contributed by atoms with Gasteiger partial charge in [0.05, 0.1) is 12.3 Å². The fourth-order valence-electron chi connectivity index (χ4n) is 2.26. The second-order valence-electron chi connectivity index (χ2n) is 5.39. The van der Waals surface area contributed by atoms with Gasteiger partial charge < -0.3 is 14.7 Å². The number of carbonyl (C=O) groups excluding carboxylic acids is 1. The predicted octanol–water partition coefficient (Wildman–Crippen LogP) is 2.71. The number of carboxylic acid groups (broad SMARTS) is 1. The normalized spacial score (nSPS) is 12.0. The standard InChI is InChI=1S/C17H20N2O4S/c1-11-15(24-14(18-11)10-23-3)16(20)19(12(2)17(21)22)9-13-7-5-4-6-8-13/h4-8,12H,9-10H2,1-3H3,(H,21,22). The lowest BCUT2D eigenvalue weighted by Crippen LogP contribution is -2.42. The number of thiazole rings is 1. The number of aliphatic carboxylic acids is 1. The zero-order valence-corrected chi connectivity index (χ0v) is 14.7. The van der Waals surface area contributed by atoms with Crippen molar-refractivity contribution in [3.8, 4) is 0 Å². The summed E-state index contributed by atoms with van der Waals surface area (Å²) >= 11 is 1.24. The molecule has 0 aliphatic rings. The van der Waals surface area contributed by atoms with E-state index < -0.39 is 12.0 Å². The number of carboxylic acids is 1. The van der Waals surface area contributed by atoms with E-state index in [4.69, 9.17) is 4.74 Å². The average Bonchev–Trinajstić information content (AvgIpc) is 2.93. The maximum absolute atomic E-state index is 12.9. The number of ether oxygens (including phenoxy) is 1. The third-order valence-corrected chi connectivity index (χ3v) is 4.70. The molecule has 7 heteroatoms. The minimum absolute atomic E-state index is 0.226. The van der Waals surface area contributed by atoms with Crippen molar-refractivity contribution in [2.24, 2.45) is 0 Å². The fourth-order valence-corrected chi connectivity index (χ4v) is 3.26. The van der Waals surface area contributed by atoms with Crippen LogP contribution in [-0.2, 0) is 22.7 Å². The van der Waals surface area contributed by atoms with Crippen LogP contribution in [0.5, 0.6) is 0 Å². The summed E-state index contributed by atoms with van der Waals surface area (Å²) in [6.07, 6.45) is 0. The predicted molar refractivity (Wildman–Crippen MR) is 91.0 cm³/mol. The molecule has 0 fully saturated rings. The monoisotopic (exact) mass is 348 g/mol. The van der Waals surface area contributed by atoms with Gasteiger partial charge in [-0.1, -0.05) is 30.3 Å². The Morgan fingerprint density at radius 3 is 2.58 bits per heavy atom. The molecule has 1 N–H and O–H groups in total. The lowest BCUT2D eigenvalue weighted by Gasteiger charge is -2.26. The van der Waals surface area contributed by atoms with Crippen LogP contribution < -0.4 is 0 Å². The van der Waals surface area contributed by atoms with E-state index in [1.807, 2.05) is 30.3 Å². The number of hydrogen-bond acceptors (Lipinski definition) is 5. The number of hydrogen-bond donors (Lipinski definition) is 1. The van der Waals surface area contributed by atoms with Crippen molar-refractivity contribution < 1.29 is 19.4 Å². The average molecular weight is 348 g/mol. The Balaban J connectivity index is 2.32. The highest BCUT2D eigenvalue weighted by Gasteiger charge is 2.29. The molecule has 0 bridgehead atoms. The van der Waals surface area contributed by atoms with E-state index in [1.54, 1.807) is 14.0 Å². The van der Waals surface area contributed by atoms with Crippen molar-refractivity contribution in [3.63, 3.8) is 0 Å². The van der Waals surface area contributed by atoms with Gasteiger partial charge in [-0.3, -0.25) is 4.79 Å². The van der Waals surface area contributed by atoms with Gasteiger partial charge in [-0.15, -0.1) is 11.3 Å². The Morgan fingerprint density at radius 1 is 1.33 bits per heavy atom. The van der Waals surface area contributed by atoms with E-state index in [0.717, 1.165) is 5.56 Å². The highest BCUT2D eigenvalue weighted by Crippen LogP contribution is 2.23. The lowest BCUT2D eigenvalue weighted by atomic mass is 10.1.